The minimum Gasteiger partial charge on any atom is -0.472 e. The van der Waals surface area contributed by atoms with Crippen molar-refractivity contribution in [2.24, 2.45) is 0 Å². The number of hydrogen-bond donors (Lipinski definition) is 0. The number of hydrogen-bond acceptors (Lipinski definition) is 6. The van der Waals surface area contributed by atoms with Gasteiger partial charge in [-0.3, -0.25) is 0 Å². The highest BCUT2D eigenvalue weighted by atomic mass is 32.2. The zero-order chi connectivity index (χ0) is 15.6. The van der Waals surface area contributed by atoms with E-state index in [0.717, 1.165) is 18.5 Å². The lowest BCUT2D eigenvalue weighted by atomic mass is 10.1. The van der Waals surface area contributed by atoms with Crippen LogP contribution in [0.2, 0.25) is 0 Å². The Morgan fingerprint density at radius 1 is 1.32 bits per heavy atom. The van der Waals surface area contributed by atoms with Gasteiger partial charge in [-0.1, -0.05) is 6.07 Å². The second-order valence-electron chi connectivity index (χ2n) is 5.19. The number of sulfonamides is 1. The number of thiophene rings is 1. The molecule has 3 heterocycles. The molecular weight excluding hydrogens is 322 g/mol. The van der Waals surface area contributed by atoms with Crippen LogP contribution in [-0.2, 0) is 10.0 Å². The molecule has 0 aliphatic carbocycles. The molecule has 6 nitrogen and oxygen atoms in total. The Labute approximate surface area is 133 Å². The van der Waals surface area contributed by atoms with E-state index in [1.54, 1.807) is 23.6 Å². The van der Waals surface area contributed by atoms with Gasteiger partial charge in [0, 0.05) is 12.6 Å². The molecule has 0 N–H and O–H groups in total. The van der Waals surface area contributed by atoms with Gasteiger partial charge in [0.2, 0.25) is 5.88 Å². The van der Waals surface area contributed by atoms with Gasteiger partial charge < -0.3 is 4.74 Å². The molecule has 2 aromatic heterocycles. The number of aryl methyl sites for hydroxylation is 1. The van der Waals surface area contributed by atoms with E-state index in [1.165, 1.54) is 15.6 Å². The Morgan fingerprint density at radius 2 is 2.18 bits per heavy atom. The third-order valence-electron chi connectivity index (χ3n) is 3.49. The third kappa shape index (κ3) is 3.29. The molecule has 1 fully saturated rings. The molecule has 0 saturated carbocycles. The largest absolute Gasteiger partial charge is 0.472 e. The summed E-state index contributed by atoms with van der Waals surface area (Å²) in [4.78, 5) is 0. The maximum Gasteiger partial charge on any atom is 0.252 e. The predicted molar refractivity (Wildman–Crippen MR) is 83.5 cm³/mol. The molecular formula is C14H17N3O3S2. The van der Waals surface area contributed by atoms with Crippen molar-refractivity contribution < 1.29 is 13.2 Å². The van der Waals surface area contributed by atoms with Crippen LogP contribution in [0.3, 0.4) is 0 Å². The van der Waals surface area contributed by atoms with E-state index in [4.69, 9.17) is 4.74 Å². The van der Waals surface area contributed by atoms with Crippen molar-refractivity contribution >= 4 is 21.4 Å². The van der Waals surface area contributed by atoms with E-state index in [0.29, 0.717) is 23.2 Å². The van der Waals surface area contributed by atoms with Gasteiger partial charge >= 0.3 is 0 Å². The summed E-state index contributed by atoms with van der Waals surface area (Å²) in [5.74, 6) is 0.436. The van der Waals surface area contributed by atoms with Crippen LogP contribution in [0.4, 0.5) is 0 Å². The number of ether oxygens (including phenoxy) is 1. The molecule has 0 radical (unpaired) electrons. The molecule has 1 aliphatic rings. The monoisotopic (exact) mass is 339 g/mol. The molecule has 118 valence electrons. The average Bonchev–Trinajstić information content (AvgIpc) is 3.05. The fourth-order valence-electron chi connectivity index (χ4n) is 2.38. The summed E-state index contributed by atoms with van der Waals surface area (Å²) < 4.78 is 32.7. The average molecular weight is 339 g/mol. The number of aromatic nitrogens is 2. The second kappa shape index (κ2) is 6.31. The Balaban J connectivity index is 1.70. The van der Waals surface area contributed by atoms with Crippen LogP contribution in [0.1, 0.15) is 18.5 Å². The summed E-state index contributed by atoms with van der Waals surface area (Å²) in [6.07, 6.45) is 1.39. The van der Waals surface area contributed by atoms with Crippen LogP contribution < -0.4 is 4.74 Å². The van der Waals surface area contributed by atoms with Gasteiger partial charge in [0.1, 0.15) is 10.3 Å². The van der Waals surface area contributed by atoms with Crippen molar-refractivity contribution in [2.45, 2.75) is 30.1 Å². The molecule has 1 saturated heterocycles. The first-order valence-corrected chi connectivity index (χ1v) is 9.38. The molecule has 1 aliphatic heterocycles. The predicted octanol–water partition coefficient (Wildman–Crippen LogP) is 2.08. The van der Waals surface area contributed by atoms with Crippen LogP contribution in [-0.4, -0.2) is 42.1 Å². The van der Waals surface area contributed by atoms with Crippen LogP contribution in [0, 0.1) is 6.92 Å². The van der Waals surface area contributed by atoms with Crippen LogP contribution in [0.15, 0.2) is 33.9 Å². The number of nitrogens with zero attached hydrogens (tertiary/aromatic N) is 3. The fraction of sp³-hybridized carbons (Fsp3) is 0.429. The molecule has 2 aromatic rings. The van der Waals surface area contributed by atoms with Crippen molar-refractivity contribution in [2.75, 3.05) is 13.1 Å². The molecule has 0 aromatic carbocycles. The minimum absolute atomic E-state index is 0.194. The number of piperidine rings is 1. The zero-order valence-corrected chi connectivity index (χ0v) is 13.8. The molecule has 0 amide bonds. The Bertz CT molecular complexity index is 714. The highest BCUT2D eigenvalue weighted by Gasteiger charge is 2.31. The Kier molecular flexibility index (Phi) is 4.42. The molecule has 8 heteroatoms. The first kappa shape index (κ1) is 15.4. The highest BCUT2D eigenvalue weighted by molar-refractivity contribution is 7.91. The van der Waals surface area contributed by atoms with Crippen molar-refractivity contribution in [3.05, 3.63) is 35.3 Å². The van der Waals surface area contributed by atoms with Crippen LogP contribution in [0.5, 0.6) is 5.88 Å². The van der Waals surface area contributed by atoms with E-state index in [2.05, 4.69) is 10.2 Å². The van der Waals surface area contributed by atoms with Gasteiger partial charge in [0.05, 0.1) is 12.2 Å². The van der Waals surface area contributed by atoms with Gasteiger partial charge in [0.25, 0.3) is 10.0 Å². The molecule has 1 atom stereocenters. The normalized spacial score (nSPS) is 20.0. The third-order valence-corrected chi connectivity index (χ3v) is 6.73. The van der Waals surface area contributed by atoms with Crippen molar-refractivity contribution in [3.8, 4) is 5.88 Å². The quantitative estimate of drug-likeness (QED) is 0.853. The summed E-state index contributed by atoms with van der Waals surface area (Å²) in [7, 11) is -3.41. The first-order valence-electron chi connectivity index (χ1n) is 7.06. The van der Waals surface area contributed by atoms with E-state index >= 15 is 0 Å². The van der Waals surface area contributed by atoms with E-state index in [1.807, 2.05) is 13.0 Å². The topological polar surface area (TPSA) is 72.4 Å². The lowest BCUT2D eigenvalue weighted by Gasteiger charge is -2.31. The maximum atomic E-state index is 12.5. The van der Waals surface area contributed by atoms with Gasteiger partial charge in [-0.25, -0.2) is 8.42 Å². The van der Waals surface area contributed by atoms with Gasteiger partial charge in [-0.15, -0.1) is 16.4 Å². The standard InChI is InChI=1S/C14H17N3O3S2/c1-11-6-7-13(16-15-11)20-12-4-2-8-17(10-12)22(18,19)14-5-3-9-21-14/h3,5-7,9,12H,2,4,8,10H2,1H3. The molecule has 1 unspecified atom stereocenters. The van der Waals surface area contributed by atoms with Gasteiger partial charge in [-0.2, -0.15) is 9.40 Å². The summed E-state index contributed by atoms with van der Waals surface area (Å²) in [5.41, 5.74) is 0.817. The Hall–Kier alpha value is -1.51. The van der Waals surface area contributed by atoms with Crippen molar-refractivity contribution in [1.82, 2.24) is 14.5 Å². The Morgan fingerprint density at radius 3 is 2.86 bits per heavy atom. The van der Waals surface area contributed by atoms with Gasteiger partial charge in [-0.05, 0) is 37.3 Å². The summed E-state index contributed by atoms with van der Waals surface area (Å²) in [6.45, 7) is 2.72. The first-order chi connectivity index (χ1) is 10.6. The molecule has 22 heavy (non-hydrogen) atoms. The molecule has 0 spiro atoms. The van der Waals surface area contributed by atoms with E-state index < -0.39 is 10.0 Å². The van der Waals surface area contributed by atoms with Crippen LogP contribution >= 0.6 is 11.3 Å². The SMILES string of the molecule is Cc1ccc(OC2CCCN(S(=O)(=O)c3cccs3)C2)nn1. The molecule has 3 rings (SSSR count). The lowest BCUT2D eigenvalue weighted by molar-refractivity contribution is 0.123. The van der Waals surface area contributed by atoms with Gasteiger partial charge in [0.15, 0.2) is 0 Å². The minimum atomic E-state index is -3.41. The van der Waals surface area contributed by atoms with E-state index in [9.17, 15) is 8.42 Å². The second-order valence-corrected chi connectivity index (χ2v) is 8.30. The zero-order valence-electron chi connectivity index (χ0n) is 12.2. The smallest absolute Gasteiger partial charge is 0.252 e. The lowest BCUT2D eigenvalue weighted by Crippen LogP contribution is -2.44. The summed E-state index contributed by atoms with van der Waals surface area (Å²) in [5, 5.41) is 9.69. The van der Waals surface area contributed by atoms with E-state index in [-0.39, 0.29) is 6.10 Å². The highest BCUT2D eigenvalue weighted by Crippen LogP contribution is 2.25. The van der Waals surface area contributed by atoms with Crippen molar-refractivity contribution in [3.63, 3.8) is 0 Å². The number of rotatable bonds is 4. The summed E-state index contributed by atoms with van der Waals surface area (Å²) in [6, 6.07) is 6.97. The van der Waals surface area contributed by atoms with Crippen molar-refractivity contribution in [1.29, 1.82) is 0 Å². The van der Waals surface area contributed by atoms with Crippen LogP contribution in [0.25, 0.3) is 0 Å². The maximum absolute atomic E-state index is 12.5. The fourth-order valence-corrected chi connectivity index (χ4v) is 5.03. The summed E-state index contributed by atoms with van der Waals surface area (Å²) >= 11 is 1.24. The molecule has 0 bridgehead atoms.